The summed E-state index contributed by atoms with van der Waals surface area (Å²) >= 11 is 12.2. The van der Waals surface area contributed by atoms with Gasteiger partial charge in [-0.25, -0.2) is 0 Å². The Morgan fingerprint density at radius 1 is 1.19 bits per heavy atom. The molecule has 2 amide bonds. The second kappa shape index (κ2) is 10.3. The number of hydrogen-bond donors (Lipinski definition) is 1. The van der Waals surface area contributed by atoms with Crippen molar-refractivity contribution in [2.75, 3.05) is 25.5 Å². The van der Waals surface area contributed by atoms with Crippen LogP contribution in [-0.2, 0) is 9.59 Å². The Hall–Kier alpha value is -1.30. The van der Waals surface area contributed by atoms with Crippen LogP contribution in [0.15, 0.2) is 18.2 Å². The molecule has 1 N–H and O–H groups in total. The standard InChI is InChI=1S/C20H29Cl2N3O2/c1-4-25(15-9-6-5-7-10-15)20(27)14(2)24(3)13-18(26)23-19-16(21)11-8-12-17(19)22/h8,11-12,14-15H,4-7,9-10,13H2,1-3H3,(H,23,26)/t14-/m1/s1. The van der Waals surface area contributed by atoms with Gasteiger partial charge in [-0.15, -0.1) is 0 Å². The lowest BCUT2D eigenvalue weighted by Crippen LogP contribution is -2.51. The summed E-state index contributed by atoms with van der Waals surface area (Å²) in [6.07, 6.45) is 5.75. The average molecular weight is 414 g/mol. The quantitative estimate of drug-likeness (QED) is 0.718. The van der Waals surface area contributed by atoms with E-state index in [0.29, 0.717) is 28.3 Å². The highest BCUT2D eigenvalue weighted by molar-refractivity contribution is 6.39. The summed E-state index contributed by atoms with van der Waals surface area (Å²) in [5.74, 6) is -0.177. The van der Waals surface area contributed by atoms with E-state index in [1.807, 2.05) is 18.7 Å². The summed E-state index contributed by atoms with van der Waals surface area (Å²) in [5.41, 5.74) is 0.399. The molecular formula is C20H29Cl2N3O2. The zero-order valence-electron chi connectivity index (χ0n) is 16.3. The molecule has 0 heterocycles. The fourth-order valence-electron chi connectivity index (χ4n) is 3.57. The van der Waals surface area contributed by atoms with E-state index in [4.69, 9.17) is 23.2 Å². The maximum atomic E-state index is 13.0. The normalized spacial score (nSPS) is 16.2. The van der Waals surface area contributed by atoms with Crippen molar-refractivity contribution in [2.24, 2.45) is 0 Å². The van der Waals surface area contributed by atoms with Crippen molar-refractivity contribution >= 4 is 40.7 Å². The van der Waals surface area contributed by atoms with Gasteiger partial charge in [0, 0.05) is 12.6 Å². The Morgan fingerprint density at radius 3 is 2.33 bits per heavy atom. The van der Waals surface area contributed by atoms with Gasteiger partial charge >= 0.3 is 0 Å². The Morgan fingerprint density at radius 2 is 1.78 bits per heavy atom. The molecule has 1 fully saturated rings. The predicted octanol–water partition coefficient (Wildman–Crippen LogP) is 4.43. The molecule has 0 bridgehead atoms. The molecule has 0 spiro atoms. The summed E-state index contributed by atoms with van der Waals surface area (Å²) in [5, 5.41) is 3.51. The maximum Gasteiger partial charge on any atom is 0.239 e. The first-order valence-electron chi connectivity index (χ1n) is 9.59. The van der Waals surface area contributed by atoms with Crippen LogP contribution in [0.25, 0.3) is 0 Å². The van der Waals surface area contributed by atoms with Crippen LogP contribution < -0.4 is 5.32 Å². The molecule has 0 saturated heterocycles. The highest BCUT2D eigenvalue weighted by Crippen LogP contribution is 2.29. The summed E-state index contributed by atoms with van der Waals surface area (Å²) < 4.78 is 0. The smallest absolute Gasteiger partial charge is 0.239 e. The van der Waals surface area contributed by atoms with Crippen LogP contribution in [0.4, 0.5) is 5.69 Å². The van der Waals surface area contributed by atoms with Crippen LogP contribution in [0, 0.1) is 0 Å². The molecule has 0 aromatic heterocycles. The SMILES string of the molecule is CCN(C(=O)[C@@H](C)N(C)CC(=O)Nc1c(Cl)cccc1Cl)C1CCCCC1. The Balaban J connectivity index is 1.96. The van der Waals surface area contributed by atoms with Crippen LogP contribution in [0.3, 0.4) is 0 Å². The average Bonchev–Trinajstić information content (AvgIpc) is 2.65. The third-order valence-corrected chi connectivity index (χ3v) is 5.91. The number of carbonyl (C=O) groups is 2. The summed E-state index contributed by atoms with van der Waals surface area (Å²) in [7, 11) is 1.78. The fraction of sp³-hybridized carbons (Fsp3) is 0.600. The second-order valence-corrected chi connectivity index (χ2v) is 7.97. The van der Waals surface area contributed by atoms with Crippen molar-refractivity contribution in [2.45, 2.75) is 58.0 Å². The van der Waals surface area contributed by atoms with Gasteiger partial charge in [-0.3, -0.25) is 14.5 Å². The molecule has 7 heteroatoms. The van der Waals surface area contributed by atoms with E-state index >= 15 is 0 Å². The van der Waals surface area contributed by atoms with Crippen molar-refractivity contribution in [1.29, 1.82) is 0 Å². The third kappa shape index (κ3) is 5.84. The van der Waals surface area contributed by atoms with E-state index in [-0.39, 0.29) is 24.4 Å². The minimum atomic E-state index is -0.376. The first-order valence-corrected chi connectivity index (χ1v) is 10.3. The molecule has 27 heavy (non-hydrogen) atoms. The molecule has 0 radical (unpaired) electrons. The van der Waals surface area contributed by atoms with E-state index in [2.05, 4.69) is 5.32 Å². The lowest BCUT2D eigenvalue weighted by atomic mass is 9.93. The molecule has 1 aliphatic carbocycles. The molecular weight excluding hydrogens is 385 g/mol. The monoisotopic (exact) mass is 413 g/mol. The number of hydrogen-bond acceptors (Lipinski definition) is 3. The van der Waals surface area contributed by atoms with Crippen molar-refractivity contribution in [3.05, 3.63) is 28.2 Å². The van der Waals surface area contributed by atoms with Crippen LogP contribution in [-0.4, -0.2) is 53.8 Å². The minimum absolute atomic E-state index is 0.0791. The van der Waals surface area contributed by atoms with E-state index in [9.17, 15) is 9.59 Å². The number of nitrogens with zero attached hydrogens (tertiary/aromatic N) is 2. The predicted molar refractivity (Wildman–Crippen MR) is 111 cm³/mol. The van der Waals surface area contributed by atoms with E-state index in [0.717, 1.165) is 12.8 Å². The summed E-state index contributed by atoms with van der Waals surface area (Å²) in [6, 6.07) is 5.00. The van der Waals surface area contributed by atoms with Gasteiger partial charge in [-0.1, -0.05) is 48.5 Å². The van der Waals surface area contributed by atoms with Gasteiger partial charge in [-0.05, 0) is 45.9 Å². The molecule has 1 saturated carbocycles. The van der Waals surface area contributed by atoms with Gasteiger partial charge in [0.15, 0.2) is 0 Å². The maximum absolute atomic E-state index is 13.0. The van der Waals surface area contributed by atoms with Gasteiger partial charge in [0.05, 0.1) is 28.3 Å². The number of carbonyl (C=O) groups excluding carboxylic acids is 2. The Bertz CT molecular complexity index is 642. The molecule has 0 aliphatic heterocycles. The van der Waals surface area contributed by atoms with Crippen molar-refractivity contribution in [3.8, 4) is 0 Å². The molecule has 1 atom stereocenters. The zero-order chi connectivity index (χ0) is 20.0. The van der Waals surface area contributed by atoms with Crippen LogP contribution in [0.5, 0.6) is 0 Å². The summed E-state index contributed by atoms with van der Waals surface area (Å²) in [6.45, 7) is 4.65. The van der Waals surface area contributed by atoms with Gasteiger partial charge in [0.2, 0.25) is 11.8 Å². The van der Waals surface area contributed by atoms with E-state index < -0.39 is 0 Å². The Kier molecular flexibility index (Phi) is 8.39. The zero-order valence-corrected chi connectivity index (χ0v) is 17.8. The van der Waals surface area contributed by atoms with Gasteiger partial charge in [0.1, 0.15) is 0 Å². The summed E-state index contributed by atoms with van der Waals surface area (Å²) in [4.78, 5) is 29.1. The van der Waals surface area contributed by atoms with Crippen molar-refractivity contribution in [1.82, 2.24) is 9.80 Å². The largest absolute Gasteiger partial charge is 0.339 e. The lowest BCUT2D eigenvalue weighted by Gasteiger charge is -2.37. The topological polar surface area (TPSA) is 52.7 Å². The molecule has 1 aliphatic rings. The van der Waals surface area contributed by atoms with Gasteiger partial charge in [0.25, 0.3) is 0 Å². The fourth-order valence-corrected chi connectivity index (χ4v) is 4.07. The van der Waals surface area contributed by atoms with Crippen molar-refractivity contribution < 1.29 is 9.59 Å². The first kappa shape index (κ1) is 22.0. The number of rotatable bonds is 7. The van der Waals surface area contributed by atoms with E-state index in [1.165, 1.54) is 19.3 Å². The second-order valence-electron chi connectivity index (χ2n) is 7.15. The minimum Gasteiger partial charge on any atom is -0.339 e. The van der Waals surface area contributed by atoms with Crippen LogP contribution >= 0.6 is 23.2 Å². The van der Waals surface area contributed by atoms with Crippen molar-refractivity contribution in [3.63, 3.8) is 0 Å². The van der Waals surface area contributed by atoms with E-state index in [1.54, 1.807) is 30.1 Å². The van der Waals surface area contributed by atoms with Gasteiger partial charge in [-0.2, -0.15) is 0 Å². The van der Waals surface area contributed by atoms with Crippen LogP contribution in [0.2, 0.25) is 10.0 Å². The van der Waals surface area contributed by atoms with Crippen LogP contribution in [0.1, 0.15) is 46.0 Å². The molecule has 1 aromatic rings. The number of nitrogens with one attached hydrogen (secondary N) is 1. The number of anilines is 1. The molecule has 2 rings (SSSR count). The molecule has 5 nitrogen and oxygen atoms in total. The third-order valence-electron chi connectivity index (χ3n) is 5.28. The highest BCUT2D eigenvalue weighted by Gasteiger charge is 2.29. The molecule has 1 aromatic carbocycles. The molecule has 0 unspecified atom stereocenters. The number of likely N-dealkylation sites (N-methyl/N-ethyl adjacent to an activating group) is 2. The van der Waals surface area contributed by atoms with Gasteiger partial charge < -0.3 is 10.2 Å². The number of halogens is 2. The first-order chi connectivity index (χ1) is 12.8. The number of para-hydroxylation sites is 1. The highest BCUT2D eigenvalue weighted by atomic mass is 35.5. The lowest BCUT2D eigenvalue weighted by molar-refractivity contribution is -0.139. The Labute approximate surface area is 172 Å². The molecule has 150 valence electrons. The number of benzene rings is 1. The number of amides is 2.